The lowest BCUT2D eigenvalue weighted by Gasteiger charge is -2.54. The van der Waals surface area contributed by atoms with Crippen molar-refractivity contribution in [2.45, 2.75) is 101 Å². The van der Waals surface area contributed by atoms with Crippen molar-refractivity contribution < 1.29 is 23.5 Å². The van der Waals surface area contributed by atoms with E-state index in [1.165, 1.54) is 23.8 Å². The number of para-hydroxylation sites is 1. The second kappa shape index (κ2) is 14.0. The molecule has 2 N–H and O–H groups in total. The van der Waals surface area contributed by atoms with Crippen molar-refractivity contribution in [3.63, 3.8) is 0 Å². The molecule has 0 radical (unpaired) electrons. The Morgan fingerprint density at radius 2 is 1.74 bits per heavy atom. The first-order valence-corrected chi connectivity index (χ1v) is 22.6. The number of amides is 3. The van der Waals surface area contributed by atoms with Crippen LogP contribution in [-0.4, -0.2) is 124 Å². The Labute approximate surface area is 355 Å². The van der Waals surface area contributed by atoms with Gasteiger partial charge in [0, 0.05) is 104 Å². The van der Waals surface area contributed by atoms with Crippen LogP contribution < -0.4 is 19.9 Å². The van der Waals surface area contributed by atoms with Crippen molar-refractivity contribution in [2.24, 2.45) is 11.3 Å². The molecule has 2 aliphatic carbocycles. The maximum Gasteiger partial charge on any atom is 0.255 e. The zero-order valence-electron chi connectivity index (χ0n) is 34.9. The highest BCUT2D eigenvalue weighted by Gasteiger charge is 2.50. The van der Waals surface area contributed by atoms with Gasteiger partial charge in [-0.15, -0.1) is 0 Å². The lowest BCUT2D eigenvalue weighted by Crippen LogP contribution is -2.59. The zero-order chi connectivity index (χ0) is 41.2. The molecule has 0 bridgehead atoms. The minimum atomic E-state index is -1.09. The third kappa shape index (κ3) is 6.33. The van der Waals surface area contributed by atoms with E-state index < -0.39 is 17.6 Å². The molecule has 8 aliphatic rings. The summed E-state index contributed by atoms with van der Waals surface area (Å²) >= 11 is 0. The molecule has 12 rings (SSSR count). The number of benzene rings is 2. The van der Waals surface area contributed by atoms with Crippen LogP contribution in [0.2, 0.25) is 0 Å². The highest BCUT2D eigenvalue weighted by Crippen LogP contribution is 2.53. The van der Waals surface area contributed by atoms with Crippen LogP contribution in [0.3, 0.4) is 0 Å². The van der Waals surface area contributed by atoms with E-state index in [0.717, 1.165) is 98.3 Å². The Kier molecular flexibility index (Phi) is 8.62. The van der Waals surface area contributed by atoms with E-state index in [9.17, 15) is 14.4 Å². The van der Waals surface area contributed by atoms with E-state index >= 15 is 4.39 Å². The van der Waals surface area contributed by atoms with Crippen LogP contribution in [-0.2, 0) is 22.6 Å². The van der Waals surface area contributed by atoms with Gasteiger partial charge in [0.1, 0.15) is 24.1 Å². The van der Waals surface area contributed by atoms with Crippen molar-refractivity contribution >= 4 is 40.3 Å². The summed E-state index contributed by atoms with van der Waals surface area (Å²) in [7, 11) is 0. The quantitative estimate of drug-likeness (QED) is 0.242. The van der Waals surface area contributed by atoms with Crippen molar-refractivity contribution in [1.82, 2.24) is 35.0 Å². The summed E-state index contributed by atoms with van der Waals surface area (Å²) in [6, 6.07) is 12.1. The maximum atomic E-state index is 15.4. The number of aromatic nitrogens is 3. The average molecular weight is 828 g/mol. The first kappa shape index (κ1) is 37.7. The number of carbonyl (C=O) groups is 3. The Morgan fingerprint density at radius 1 is 0.934 bits per heavy atom. The monoisotopic (exact) mass is 827 g/mol. The van der Waals surface area contributed by atoms with Crippen LogP contribution in [0.25, 0.3) is 10.9 Å². The number of anilines is 2. The summed E-state index contributed by atoms with van der Waals surface area (Å²) < 4.78 is 21.8. The van der Waals surface area contributed by atoms with Crippen LogP contribution >= 0.6 is 0 Å². The molecule has 2 aromatic carbocycles. The number of imide groups is 1. The van der Waals surface area contributed by atoms with Gasteiger partial charge >= 0.3 is 0 Å². The maximum absolute atomic E-state index is 15.4. The van der Waals surface area contributed by atoms with Crippen LogP contribution in [0.15, 0.2) is 48.8 Å². The number of halogens is 1. The third-order valence-corrected chi connectivity index (χ3v) is 15.8. The third-order valence-electron chi connectivity index (χ3n) is 15.8. The molecule has 3 amide bonds. The zero-order valence-corrected chi connectivity index (χ0v) is 34.9. The first-order chi connectivity index (χ1) is 29.6. The minimum Gasteiger partial charge on any atom is -0.489 e. The van der Waals surface area contributed by atoms with Crippen LogP contribution in [0.1, 0.15) is 97.1 Å². The summed E-state index contributed by atoms with van der Waals surface area (Å²) in [6.45, 7) is 9.47. The summed E-state index contributed by atoms with van der Waals surface area (Å²) in [5, 5.41) is 3.65. The second-order valence-corrected chi connectivity index (χ2v) is 19.7. The Balaban J connectivity index is 0.657. The minimum absolute atomic E-state index is 0.109. The fraction of sp³-hybridized carbons (Fsp3) is 0.553. The number of piperidine rings is 2. The van der Waals surface area contributed by atoms with Gasteiger partial charge in [-0.25, -0.2) is 14.4 Å². The molecule has 14 heteroatoms. The number of aromatic amines is 1. The molecule has 61 heavy (non-hydrogen) atoms. The normalized spacial score (nSPS) is 28.2. The number of ether oxygens (including phenoxy) is 1. The van der Waals surface area contributed by atoms with Gasteiger partial charge in [0.15, 0.2) is 0 Å². The fourth-order valence-electron chi connectivity index (χ4n) is 12.3. The lowest BCUT2D eigenvalue weighted by atomic mass is 9.57. The van der Waals surface area contributed by atoms with Gasteiger partial charge < -0.3 is 24.4 Å². The number of H-pyrrole nitrogens is 1. The molecule has 318 valence electrons. The fourth-order valence-corrected chi connectivity index (χ4v) is 12.3. The SMILES string of the molecule is C[C@@H]1Cc2c([nH]c3ccccc23)[C@@H](c2cnc(N3CCC4(CC3)CC(CN3CCN5c6ccc7c(c6OC[C@H]5C3)CN(C3CCC(=O)NC3=O)C7=O)C4)nc2)N1CC1(F)CC1. The number of piperazine rings is 1. The standard InChI is InChI=1S/C47H54FN9O4/c1-28-18-34-32-4-2-3-5-36(32)51-40(34)41(57(28)27-47(48)10-11-47)30-21-49-45(50-22-30)54-14-12-46(13-15-54)19-29(20-46)23-53-16-17-55-31(24-53)26-61-42-35-25-56(38-8-9-39(58)52-43(38)59)44(60)33(35)6-7-37(42)55/h2-7,21-22,28-29,31,38,41,51H,8-20,23-27H2,1H3,(H,52,58,59)/t28-,31-,38?,41-/m1/s1. The molecule has 4 atom stereocenters. The number of rotatable bonds is 7. The largest absolute Gasteiger partial charge is 0.489 e. The van der Waals surface area contributed by atoms with Crippen LogP contribution in [0.5, 0.6) is 5.75 Å². The summed E-state index contributed by atoms with van der Waals surface area (Å²) in [5.74, 6) is 1.42. The van der Waals surface area contributed by atoms with Gasteiger partial charge in [-0.1, -0.05) is 18.2 Å². The second-order valence-electron chi connectivity index (χ2n) is 19.7. The number of fused-ring (bicyclic) bond motifs is 8. The van der Waals surface area contributed by atoms with E-state index in [2.05, 4.69) is 61.1 Å². The molecule has 13 nitrogen and oxygen atoms in total. The molecular formula is C47H54FN9O4. The van der Waals surface area contributed by atoms with Crippen molar-refractivity contribution in [1.29, 1.82) is 0 Å². The van der Waals surface area contributed by atoms with E-state index in [0.29, 0.717) is 55.9 Å². The number of carbonyl (C=O) groups excluding carboxylic acids is 3. The molecular weight excluding hydrogens is 774 g/mol. The van der Waals surface area contributed by atoms with Crippen molar-refractivity contribution in [2.75, 3.05) is 62.2 Å². The molecule has 2 aromatic heterocycles. The number of alkyl halides is 1. The Bertz CT molecular complexity index is 2440. The smallest absolute Gasteiger partial charge is 0.255 e. The Hall–Kier alpha value is -5.08. The van der Waals surface area contributed by atoms with E-state index in [-0.39, 0.29) is 36.4 Å². The van der Waals surface area contributed by atoms with Gasteiger partial charge in [0.25, 0.3) is 5.91 Å². The molecule has 6 aliphatic heterocycles. The summed E-state index contributed by atoms with van der Waals surface area (Å²) in [4.78, 5) is 62.8. The number of nitrogens with one attached hydrogen (secondary N) is 2. The summed E-state index contributed by atoms with van der Waals surface area (Å²) in [6.07, 6.45) is 11.6. The van der Waals surface area contributed by atoms with Crippen LogP contribution in [0, 0.1) is 11.3 Å². The van der Waals surface area contributed by atoms with Gasteiger partial charge in [0.2, 0.25) is 17.8 Å². The number of hydrogen-bond donors (Lipinski definition) is 2. The predicted molar refractivity (Wildman–Crippen MR) is 227 cm³/mol. The summed E-state index contributed by atoms with van der Waals surface area (Å²) in [5.41, 5.74) is 6.44. The first-order valence-electron chi connectivity index (χ1n) is 22.6. The van der Waals surface area contributed by atoms with Gasteiger partial charge in [-0.05, 0) is 93.4 Å². The molecule has 1 unspecified atom stereocenters. The van der Waals surface area contributed by atoms with Crippen molar-refractivity contribution in [3.05, 3.63) is 76.7 Å². The van der Waals surface area contributed by atoms with E-state index in [1.54, 1.807) is 4.90 Å². The molecule has 2 saturated carbocycles. The highest BCUT2D eigenvalue weighted by atomic mass is 19.1. The number of hydrogen-bond acceptors (Lipinski definition) is 10. The molecule has 3 saturated heterocycles. The lowest BCUT2D eigenvalue weighted by molar-refractivity contribution is -0.136. The molecule has 5 fully saturated rings. The van der Waals surface area contributed by atoms with Gasteiger partial charge in [-0.3, -0.25) is 29.5 Å². The van der Waals surface area contributed by atoms with E-state index in [1.807, 2.05) is 24.5 Å². The molecule has 1 spiro atoms. The topological polar surface area (TPSA) is 130 Å². The highest BCUT2D eigenvalue weighted by molar-refractivity contribution is 6.06. The Morgan fingerprint density at radius 3 is 2.52 bits per heavy atom. The van der Waals surface area contributed by atoms with E-state index in [4.69, 9.17) is 14.7 Å². The molecule has 4 aromatic rings. The van der Waals surface area contributed by atoms with Gasteiger partial charge in [0.05, 0.1) is 24.3 Å². The van der Waals surface area contributed by atoms with Gasteiger partial charge in [-0.2, -0.15) is 0 Å². The number of nitrogens with zero attached hydrogens (tertiary/aromatic N) is 7. The van der Waals surface area contributed by atoms with Crippen molar-refractivity contribution in [3.8, 4) is 5.75 Å². The van der Waals surface area contributed by atoms with Crippen LogP contribution in [0.4, 0.5) is 16.0 Å². The average Bonchev–Trinajstić information content (AvgIpc) is 3.73. The molecule has 8 heterocycles. The predicted octanol–water partition coefficient (Wildman–Crippen LogP) is 5.14.